The van der Waals surface area contributed by atoms with Crippen LogP contribution in [0.25, 0.3) is 0 Å². The second-order valence-corrected chi connectivity index (χ2v) is 11.5. The van der Waals surface area contributed by atoms with E-state index in [-0.39, 0.29) is 29.6 Å². The third kappa shape index (κ3) is 10.0. The van der Waals surface area contributed by atoms with Crippen LogP contribution in [0.15, 0.2) is 29.2 Å². The summed E-state index contributed by atoms with van der Waals surface area (Å²) >= 11 is 0. The number of rotatable bonds is 14. The minimum absolute atomic E-state index is 0.0486. The summed E-state index contributed by atoms with van der Waals surface area (Å²) in [7, 11) is -2.15. The molecule has 1 aromatic carbocycles. The van der Waals surface area contributed by atoms with Gasteiger partial charge in [-0.15, -0.1) is 0 Å². The van der Waals surface area contributed by atoms with Crippen molar-refractivity contribution in [3.05, 3.63) is 29.8 Å². The van der Waals surface area contributed by atoms with Gasteiger partial charge in [0.2, 0.25) is 15.9 Å². The third-order valence-corrected chi connectivity index (χ3v) is 6.96. The number of aryl methyl sites for hydroxylation is 1. The van der Waals surface area contributed by atoms with E-state index >= 15 is 0 Å². The summed E-state index contributed by atoms with van der Waals surface area (Å²) in [6.07, 6.45) is -1.96. The Labute approximate surface area is 223 Å². The minimum Gasteiger partial charge on any atom is -0.467 e. The average Bonchev–Trinajstić information content (AvgIpc) is 2.84. The van der Waals surface area contributed by atoms with E-state index in [2.05, 4.69) is 15.4 Å². The molecule has 214 valence electrons. The van der Waals surface area contributed by atoms with Gasteiger partial charge in [-0.1, -0.05) is 45.4 Å². The third-order valence-electron chi connectivity index (χ3n) is 5.50. The summed E-state index contributed by atoms with van der Waals surface area (Å²) < 4.78 is 37.6. The first-order chi connectivity index (χ1) is 17.6. The second kappa shape index (κ2) is 14.8. The zero-order valence-electron chi connectivity index (χ0n) is 22.8. The van der Waals surface area contributed by atoms with Crippen molar-refractivity contribution < 1.29 is 42.2 Å². The lowest BCUT2D eigenvalue weighted by Crippen LogP contribution is -2.61. The van der Waals surface area contributed by atoms with E-state index in [1.807, 2.05) is 0 Å². The number of amides is 2. The number of methoxy groups -OCH3 is 2. The lowest BCUT2D eigenvalue weighted by atomic mass is 10.0. The number of carbonyl (C=O) groups excluding carboxylic acids is 4. The predicted molar refractivity (Wildman–Crippen MR) is 138 cm³/mol. The molecule has 0 aliphatic carbocycles. The number of esters is 2. The van der Waals surface area contributed by atoms with Gasteiger partial charge in [0.05, 0.1) is 19.1 Å². The maximum absolute atomic E-state index is 13.2. The summed E-state index contributed by atoms with van der Waals surface area (Å²) in [5.74, 6) is -4.00. The summed E-state index contributed by atoms with van der Waals surface area (Å²) in [6.45, 7) is 8.94. The lowest BCUT2D eigenvalue weighted by molar-refractivity contribution is -0.148. The van der Waals surface area contributed by atoms with Gasteiger partial charge in [-0.05, 0) is 43.7 Å². The molecule has 0 heterocycles. The fourth-order valence-corrected chi connectivity index (χ4v) is 4.74. The van der Waals surface area contributed by atoms with E-state index in [4.69, 9.17) is 9.47 Å². The number of nitrogens with one attached hydrogen (secondary N) is 3. The van der Waals surface area contributed by atoms with Gasteiger partial charge in [-0.3, -0.25) is 9.59 Å². The topological polar surface area (TPSA) is 177 Å². The van der Waals surface area contributed by atoms with E-state index in [0.29, 0.717) is 0 Å². The molecule has 0 bridgehead atoms. The maximum Gasteiger partial charge on any atom is 0.328 e. The van der Waals surface area contributed by atoms with Crippen LogP contribution in [0.5, 0.6) is 0 Å². The van der Waals surface area contributed by atoms with Crippen molar-refractivity contribution in [3.8, 4) is 0 Å². The monoisotopic (exact) mass is 557 g/mol. The van der Waals surface area contributed by atoms with Crippen LogP contribution in [-0.4, -0.2) is 75.7 Å². The molecule has 0 radical (unpaired) electrons. The molecule has 38 heavy (non-hydrogen) atoms. The highest BCUT2D eigenvalue weighted by molar-refractivity contribution is 7.89. The normalized spacial score (nSPS) is 14.8. The van der Waals surface area contributed by atoms with Gasteiger partial charge in [-0.2, -0.15) is 4.72 Å². The van der Waals surface area contributed by atoms with Crippen molar-refractivity contribution >= 4 is 33.8 Å². The number of benzene rings is 1. The van der Waals surface area contributed by atoms with Crippen LogP contribution in [-0.2, 0) is 38.7 Å². The Morgan fingerprint density at radius 2 is 1.24 bits per heavy atom. The molecule has 13 heteroatoms. The largest absolute Gasteiger partial charge is 0.467 e. The molecule has 0 unspecified atom stereocenters. The van der Waals surface area contributed by atoms with E-state index in [9.17, 15) is 32.7 Å². The molecular formula is C25H39N3O9S. The summed E-state index contributed by atoms with van der Waals surface area (Å²) in [5.41, 5.74) is 0.784. The van der Waals surface area contributed by atoms with Crippen molar-refractivity contribution in [2.24, 2.45) is 11.8 Å². The molecule has 4 atom stereocenters. The first-order valence-corrected chi connectivity index (χ1v) is 13.6. The molecule has 1 aromatic rings. The van der Waals surface area contributed by atoms with Gasteiger partial charge in [-0.25, -0.2) is 18.0 Å². The molecule has 0 aliphatic heterocycles. The van der Waals surface area contributed by atoms with E-state index in [1.165, 1.54) is 24.3 Å². The highest BCUT2D eigenvalue weighted by atomic mass is 32.2. The first-order valence-electron chi connectivity index (χ1n) is 12.2. The van der Waals surface area contributed by atoms with Crippen LogP contribution in [0.2, 0.25) is 0 Å². The van der Waals surface area contributed by atoms with Gasteiger partial charge >= 0.3 is 11.9 Å². The number of aliphatic hydroxyl groups excluding tert-OH is 1. The average molecular weight is 558 g/mol. The SMILES string of the molecule is COC(=O)[C@H](CC(C)C)NC(=O)[C@@H](O)[C@H](NS(=O)(=O)c1ccc(C)cc1)C(=O)N[C@@H](CC(C)C)C(=O)OC. The van der Waals surface area contributed by atoms with Gasteiger partial charge < -0.3 is 25.2 Å². The second-order valence-electron chi connectivity index (χ2n) is 9.78. The Balaban J connectivity index is 3.37. The van der Waals surface area contributed by atoms with Crippen LogP contribution >= 0.6 is 0 Å². The van der Waals surface area contributed by atoms with Gasteiger partial charge in [0.1, 0.15) is 18.1 Å². The van der Waals surface area contributed by atoms with E-state index in [0.717, 1.165) is 19.8 Å². The van der Waals surface area contributed by atoms with Crippen LogP contribution in [0.1, 0.15) is 46.1 Å². The molecule has 2 amide bonds. The Hall–Kier alpha value is -3.03. The van der Waals surface area contributed by atoms with Crippen LogP contribution < -0.4 is 15.4 Å². The Morgan fingerprint density at radius 1 is 0.816 bits per heavy atom. The highest BCUT2D eigenvalue weighted by Crippen LogP contribution is 2.14. The standard InChI is InChI=1S/C25H39N3O9S/c1-14(2)12-18(24(32)36-6)26-22(30)20(28-38(34,35)17-10-8-16(5)9-11-17)21(29)23(31)27-19(13-15(3)4)25(33)37-7/h8-11,14-15,18-21,28-29H,12-13H2,1-7H3,(H,26,30)(H,27,31)/t18-,19-,20-,21-/m0/s1. The first kappa shape index (κ1) is 33.0. The summed E-state index contributed by atoms with van der Waals surface area (Å²) in [5, 5.41) is 15.5. The fourth-order valence-electron chi connectivity index (χ4n) is 3.54. The molecule has 0 aliphatic rings. The van der Waals surface area contributed by atoms with Crippen LogP contribution in [0, 0.1) is 18.8 Å². The van der Waals surface area contributed by atoms with Gasteiger partial charge in [0.25, 0.3) is 5.91 Å². The number of hydrogen-bond donors (Lipinski definition) is 4. The number of sulfonamides is 1. The summed E-state index contributed by atoms with van der Waals surface area (Å²) in [6, 6.07) is 1.29. The number of aliphatic hydroxyl groups is 1. The van der Waals surface area contributed by atoms with Gasteiger partial charge in [0, 0.05) is 0 Å². The lowest BCUT2D eigenvalue weighted by Gasteiger charge is -2.27. The molecule has 1 rings (SSSR count). The Bertz CT molecular complexity index is 1070. The zero-order valence-corrected chi connectivity index (χ0v) is 23.6. The zero-order chi connectivity index (χ0) is 29.2. The van der Waals surface area contributed by atoms with Crippen molar-refractivity contribution in [2.45, 2.75) is 76.6 Å². The smallest absolute Gasteiger partial charge is 0.328 e. The quantitative estimate of drug-likeness (QED) is 0.236. The Morgan fingerprint density at radius 3 is 1.63 bits per heavy atom. The van der Waals surface area contributed by atoms with Crippen molar-refractivity contribution in [3.63, 3.8) is 0 Å². The van der Waals surface area contributed by atoms with Crippen LogP contribution in [0.3, 0.4) is 0 Å². The minimum atomic E-state index is -4.41. The van der Waals surface area contributed by atoms with Crippen molar-refractivity contribution in [1.82, 2.24) is 15.4 Å². The molecule has 0 spiro atoms. The van der Waals surface area contributed by atoms with E-state index in [1.54, 1.807) is 34.6 Å². The molecule has 0 saturated carbocycles. The number of carbonyl (C=O) groups is 4. The molecular weight excluding hydrogens is 518 g/mol. The predicted octanol–water partition coefficient (Wildman–Crippen LogP) is 0.411. The van der Waals surface area contributed by atoms with Gasteiger partial charge in [0.15, 0.2) is 6.10 Å². The molecule has 0 fully saturated rings. The van der Waals surface area contributed by atoms with Crippen molar-refractivity contribution in [2.75, 3.05) is 14.2 Å². The summed E-state index contributed by atoms with van der Waals surface area (Å²) in [4.78, 5) is 50.4. The fraction of sp³-hybridized carbons (Fsp3) is 0.600. The molecule has 0 saturated heterocycles. The molecule has 0 aromatic heterocycles. The molecule has 4 N–H and O–H groups in total. The van der Waals surface area contributed by atoms with E-state index < -0.39 is 58.0 Å². The number of hydrogen-bond acceptors (Lipinski definition) is 9. The Kier molecular flexibility index (Phi) is 12.8. The van der Waals surface area contributed by atoms with Crippen LogP contribution in [0.4, 0.5) is 0 Å². The highest BCUT2D eigenvalue weighted by Gasteiger charge is 2.39. The maximum atomic E-state index is 13.2. The van der Waals surface area contributed by atoms with Crippen molar-refractivity contribution in [1.29, 1.82) is 0 Å². The molecule has 12 nitrogen and oxygen atoms in total. The number of ether oxygens (including phenoxy) is 2.